The highest BCUT2D eigenvalue weighted by atomic mass is 19.1. The van der Waals surface area contributed by atoms with E-state index in [9.17, 15) is 14.0 Å². The van der Waals surface area contributed by atoms with Crippen LogP contribution in [0.3, 0.4) is 0 Å². The molecule has 1 saturated carbocycles. The molecule has 0 saturated heterocycles. The van der Waals surface area contributed by atoms with E-state index >= 15 is 0 Å². The summed E-state index contributed by atoms with van der Waals surface area (Å²) < 4.78 is 13.7. The Hall–Kier alpha value is -2.96. The standard InChI is InChI=1S/C16H15FN4O2/c17-12-5-1-9(15(18)22)7-13(12)21-16(23)10-2-6-14(19-8-10)20-11-3-4-11/h1-2,5-8,11H,3-4H2,(H2,18,22)(H,19,20)(H,21,23). The van der Waals surface area contributed by atoms with Gasteiger partial charge in [-0.15, -0.1) is 0 Å². The van der Waals surface area contributed by atoms with Crippen molar-refractivity contribution in [1.82, 2.24) is 4.98 Å². The minimum atomic E-state index is -0.697. The highest BCUT2D eigenvalue weighted by Gasteiger charge is 2.21. The molecule has 23 heavy (non-hydrogen) atoms. The molecule has 2 amide bonds. The number of primary amides is 1. The number of rotatable bonds is 5. The van der Waals surface area contributed by atoms with Gasteiger partial charge in [-0.2, -0.15) is 0 Å². The van der Waals surface area contributed by atoms with Crippen LogP contribution in [0, 0.1) is 5.82 Å². The second kappa shape index (κ2) is 6.04. The molecular weight excluding hydrogens is 299 g/mol. The predicted molar refractivity (Wildman–Crippen MR) is 83.8 cm³/mol. The molecule has 0 bridgehead atoms. The molecule has 0 radical (unpaired) electrons. The maximum absolute atomic E-state index is 13.7. The number of nitrogens with one attached hydrogen (secondary N) is 2. The zero-order valence-corrected chi connectivity index (χ0v) is 12.2. The number of nitrogens with two attached hydrogens (primary N) is 1. The molecule has 2 aromatic rings. The average Bonchev–Trinajstić information content (AvgIpc) is 3.34. The molecule has 1 aromatic heterocycles. The summed E-state index contributed by atoms with van der Waals surface area (Å²) in [6.45, 7) is 0. The van der Waals surface area contributed by atoms with Gasteiger partial charge in [0, 0.05) is 17.8 Å². The Morgan fingerprint density at radius 1 is 1.17 bits per heavy atom. The van der Waals surface area contributed by atoms with Crippen molar-refractivity contribution in [3.8, 4) is 0 Å². The molecular formula is C16H15FN4O2. The predicted octanol–water partition coefficient (Wildman–Crippen LogP) is 2.15. The monoisotopic (exact) mass is 314 g/mol. The second-order valence-electron chi connectivity index (χ2n) is 5.36. The van der Waals surface area contributed by atoms with Crippen LogP contribution in [0.1, 0.15) is 33.6 Å². The van der Waals surface area contributed by atoms with E-state index in [2.05, 4.69) is 15.6 Å². The minimum Gasteiger partial charge on any atom is -0.367 e. The van der Waals surface area contributed by atoms with Gasteiger partial charge in [-0.25, -0.2) is 9.37 Å². The fraction of sp³-hybridized carbons (Fsp3) is 0.188. The van der Waals surface area contributed by atoms with Crippen LogP contribution in [0.4, 0.5) is 15.9 Å². The van der Waals surface area contributed by atoms with Crippen LogP contribution in [0.25, 0.3) is 0 Å². The first-order chi connectivity index (χ1) is 11.0. The second-order valence-corrected chi connectivity index (χ2v) is 5.36. The zero-order valence-electron chi connectivity index (χ0n) is 12.2. The van der Waals surface area contributed by atoms with Gasteiger partial charge in [0.15, 0.2) is 0 Å². The number of carbonyl (C=O) groups excluding carboxylic acids is 2. The molecule has 1 aromatic carbocycles. The van der Waals surface area contributed by atoms with Crippen LogP contribution in [-0.2, 0) is 0 Å². The lowest BCUT2D eigenvalue weighted by atomic mass is 10.1. The van der Waals surface area contributed by atoms with Crippen LogP contribution in [0.5, 0.6) is 0 Å². The molecule has 1 aliphatic rings. The molecule has 1 heterocycles. The van der Waals surface area contributed by atoms with Gasteiger partial charge in [-0.05, 0) is 43.2 Å². The topological polar surface area (TPSA) is 97.1 Å². The third kappa shape index (κ3) is 3.63. The number of hydrogen-bond acceptors (Lipinski definition) is 4. The summed E-state index contributed by atoms with van der Waals surface area (Å²) >= 11 is 0. The van der Waals surface area contributed by atoms with Crippen molar-refractivity contribution in [1.29, 1.82) is 0 Å². The quantitative estimate of drug-likeness (QED) is 0.787. The Morgan fingerprint density at radius 3 is 2.52 bits per heavy atom. The van der Waals surface area contributed by atoms with Crippen LogP contribution in [-0.4, -0.2) is 22.8 Å². The van der Waals surface area contributed by atoms with Crippen molar-refractivity contribution in [3.63, 3.8) is 0 Å². The van der Waals surface area contributed by atoms with Gasteiger partial charge in [-0.1, -0.05) is 0 Å². The van der Waals surface area contributed by atoms with E-state index in [1.54, 1.807) is 12.1 Å². The van der Waals surface area contributed by atoms with Gasteiger partial charge in [0.05, 0.1) is 11.3 Å². The van der Waals surface area contributed by atoms with Gasteiger partial charge in [-0.3, -0.25) is 9.59 Å². The Balaban J connectivity index is 1.73. The summed E-state index contributed by atoms with van der Waals surface area (Å²) in [6, 6.07) is 7.30. The van der Waals surface area contributed by atoms with Crippen molar-refractivity contribution in [2.24, 2.45) is 5.73 Å². The Morgan fingerprint density at radius 2 is 1.91 bits per heavy atom. The van der Waals surface area contributed by atoms with Crippen molar-refractivity contribution in [2.45, 2.75) is 18.9 Å². The SMILES string of the molecule is NC(=O)c1ccc(F)c(NC(=O)c2ccc(NC3CC3)nc2)c1. The molecule has 4 N–H and O–H groups in total. The lowest BCUT2D eigenvalue weighted by Crippen LogP contribution is -2.16. The minimum absolute atomic E-state index is 0.105. The number of anilines is 2. The normalized spacial score (nSPS) is 13.4. The molecule has 3 rings (SSSR count). The molecule has 0 spiro atoms. The Labute approximate surface area is 131 Å². The number of halogens is 1. The molecule has 7 heteroatoms. The van der Waals surface area contributed by atoms with Gasteiger partial charge < -0.3 is 16.4 Å². The van der Waals surface area contributed by atoms with Crippen molar-refractivity contribution in [3.05, 3.63) is 53.5 Å². The summed E-state index contributed by atoms with van der Waals surface area (Å²) in [6.07, 6.45) is 3.66. The zero-order chi connectivity index (χ0) is 16.4. The van der Waals surface area contributed by atoms with Crippen LogP contribution >= 0.6 is 0 Å². The first-order valence-electron chi connectivity index (χ1n) is 7.16. The fourth-order valence-corrected chi connectivity index (χ4v) is 2.02. The summed E-state index contributed by atoms with van der Waals surface area (Å²) in [7, 11) is 0. The summed E-state index contributed by atoms with van der Waals surface area (Å²) in [5.74, 6) is -1.16. The van der Waals surface area contributed by atoms with E-state index in [1.807, 2.05) is 0 Å². The number of hydrogen-bond donors (Lipinski definition) is 3. The van der Waals surface area contributed by atoms with Crippen LogP contribution < -0.4 is 16.4 Å². The maximum Gasteiger partial charge on any atom is 0.257 e. The van der Waals surface area contributed by atoms with E-state index in [-0.39, 0.29) is 16.8 Å². The van der Waals surface area contributed by atoms with E-state index in [0.717, 1.165) is 18.9 Å². The Bertz CT molecular complexity index is 757. The number of benzene rings is 1. The summed E-state index contributed by atoms with van der Waals surface area (Å²) in [5, 5.41) is 5.62. The van der Waals surface area contributed by atoms with Gasteiger partial charge in [0.1, 0.15) is 11.6 Å². The molecule has 1 fully saturated rings. The van der Waals surface area contributed by atoms with Crippen molar-refractivity contribution in [2.75, 3.05) is 10.6 Å². The van der Waals surface area contributed by atoms with Crippen LogP contribution in [0.2, 0.25) is 0 Å². The third-order valence-corrected chi connectivity index (χ3v) is 3.45. The van der Waals surface area contributed by atoms with E-state index in [1.165, 1.54) is 18.3 Å². The van der Waals surface area contributed by atoms with Crippen molar-refractivity contribution >= 4 is 23.3 Å². The first kappa shape index (κ1) is 15.0. The molecule has 0 aliphatic heterocycles. The fourth-order valence-electron chi connectivity index (χ4n) is 2.02. The largest absolute Gasteiger partial charge is 0.367 e. The lowest BCUT2D eigenvalue weighted by Gasteiger charge is -2.08. The smallest absolute Gasteiger partial charge is 0.257 e. The number of amides is 2. The molecule has 0 unspecified atom stereocenters. The number of nitrogens with zero attached hydrogens (tertiary/aromatic N) is 1. The molecule has 1 aliphatic carbocycles. The first-order valence-corrected chi connectivity index (χ1v) is 7.16. The van der Waals surface area contributed by atoms with E-state index < -0.39 is 17.6 Å². The van der Waals surface area contributed by atoms with E-state index in [4.69, 9.17) is 5.73 Å². The maximum atomic E-state index is 13.7. The highest BCUT2D eigenvalue weighted by Crippen LogP contribution is 2.23. The van der Waals surface area contributed by atoms with Gasteiger partial charge in [0.2, 0.25) is 5.91 Å². The number of pyridine rings is 1. The number of aromatic nitrogens is 1. The molecule has 0 atom stereocenters. The summed E-state index contributed by atoms with van der Waals surface area (Å²) in [5.41, 5.74) is 5.44. The molecule has 6 nitrogen and oxygen atoms in total. The van der Waals surface area contributed by atoms with Gasteiger partial charge in [0.25, 0.3) is 5.91 Å². The lowest BCUT2D eigenvalue weighted by molar-refractivity contribution is 0.0996. The Kier molecular flexibility index (Phi) is 3.92. The van der Waals surface area contributed by atoms with Crippen molar-refractivity contribution < 1.29 is 14.0 Å². The van der Waals surface area contributed by atoms with Crippen LogP contribution in [0.15, 0.2) is 36.5 Å². The van der Waals surface area contributed by atoms with Gasteiger partial charge >= 0.3 is 0 Å². The third-order valence-electron chi connectivity index (χ3n) is 3.45. The summed E-state index contributed by atoms with van der Waals surface area (Å²) in [4.78, 5) is 27.4. The van der Waals surface area contributed by atoms with E-state index in [0.29, 0.717) is 11.9 Å². The average molecular weight is 314 g/mol. The highest BCUT2D eigenvalue weighted by molar-refractivity contribution is 6.05. The number of carbonyl (C=O) groups is 2. The molecule has 118 valence electrons.